The predicted octanol–water partition coefficient (Wildman–Crippen LogP) is -0.0851. The number of nitrogens with two attached hydrogens (primary N) is 1. The zero-order valence-electron chi connectivity index (χ0n) is 12.2. The van der Waals surface area contributed by atoms with Crippen molar-refractivity contribution in [3.8, 4) is 5.75 Å². The van der Waals surface area contributed by atoms with Crippen LogP contribution in [-0.2, 0) is 22.7 Å². The van der Waals surface area contributed by atoms with Gasteiger partial charge in [0.2, 0.25) is 11.8 Å². The number of ether oxygens (including phenoxy) is 1. The molecule has 1 atom stereocenters. The molecule has 1 unspecified atom stereocenters. The van der Waals surface area contributed by atoms with Crippen LogP contribution < -0.4 is 15.8 Å². The molecule has 0 saturated carbocycles. The van der Waals surface area contributed by atoms with E-state index in [2.05, 4.69) is 5.32 Å². The monoisotopic (exact) mass is 303 g/mol. The van der Waals surface area contributed by atoms with Gasteiger partial charge in [-0.2, -0.15) is 0 Å². The fourth-order valence-electron chi connectivity index (χ4n) is 2.98. The van der Waals surface area contributed by atoms with Crippen molar-refractivity contribution in [1.82, 2.24) is 10.2 Å². The number of nitrogens with zero attached hydrogens (tertiary/aromatic N) is 1. The number of rotatable bonds is 3. The third-order valence-electron chi connectivity index (χ3n) is 4.13. The van der Waals surface area contributed by atoms with E-state index < -0.39 is 11.9 Å². The highest BCUT2D eigenvalue weighted by atomic mass is 16.5. The van der Waals surface area contributed by atoms with Crippen molar-refractivity contribution in [1.29, 1.82) is 0 Å². The van der Waals surface area contributed by atoms with Gasteiger partial charge < -0.3 is 15.4 Å². The van der Waals surface area contributed by atoms with Crippen LogP contribution in [0.4, 0.5) is 0 Å². The van der Waals surface area contributed by atoms with Gasteiger partial charge in [0.15, 0.2) is 0 Å². The average Bonchev–Trinajstić information content (AvgIpc) is 2.83. The lowest BCUT2D eigenvalue weighted by molar-refractivity contribution is -0.136. The number of fused-ring (bicyclic) bond motifs is 1. The molecular weight excluding hydrogens is 286 g/mol. The van der Waals surface area contributed by atoms with E-state index in [1.807, 2.05) is 0 Å². The minimum absolute atomic E-state index is 0.224. The van der Waals surface area contributed by atoms with E-state index in [1.165, 1.54) is 12.0 Å². The molecule has 7 heteroatoms. The van der Waals surface area contributed by atoms with Crippen molar-refractivity contribution < 1.29 is 19.1 Å². The highest BCUT2D eigenvalue weighted by molar-refractivity contribution is 6.05. The van der Waals surface area contributed by atoms with Gasteiger partial charge in [-0.1, -0.05) is 0 Å². The van der Waals surface area contributed by atoms with Crippen LogP contribution in [0.2, 0.25) is 0 Å². The molecule has 1 aromatic rings. The number of hydrogen-bond donors (Lipinski definition) is 2. The summed E-state index contributed by atoms with van der Waals surface area (Å²) in [6.45, 7) is 0.601. The minimum Gasteiger partial charge on any atom is -0.496 e. The lowest BCUT2D eigenvalue weighted by Crippen LogP contribution is -2.52. The number of piperidine rings is 1. The highest BCUT2D eigenvalue weighted by Gasteiger charge is 2.40. The standard InChI is InChI=1S/C15H17N3O4/c1-22-12-5-8(6-16)4-9-10(12)7-18(15(9)21)11-2-3-13(19)17-14(11)20/h4-5,11H,2-3,6-7,16H2,1H3,(H,17,19,20). The lowest BCUT2D eigenvalue weighted by Gasteiger charge is -2.29. The predicted molar refractivity (Wildman–Crippen MR) is 76.9 cm³/mol. The van der Waals surface area contributed by atoms with Gasteiger partial charge in [-0.15, -0.1) is 0 Å². The van der Waals surface area contributed by atoms with Crippen molar-refractivity contribution in [2.45, 2.75) is 32.0 Å². The Labute approximate surface area is 127 Å². The smallest absolute Gasteiger partial charge is 0.255 e. The molecule has 116 valence electrons. The molecule has 1 saturated heterocycles. The Bertz CT molecular complexity index is 671. The summed E-state index contributed by atoms with van der Waals surface area (Å²) in [5.41, 5.74) is 7.72. The average molecular weight is 303 g/mol. The number of carbonyl (C=O) groups is 3. The van der Waals surface area contributed by atoms with E-state index in [9.17, 15) is 14.4 Å². The molecule has 7 nitrogen and oxygen atoms in total. The van der Waals surface area contributed by atoms with E-state index in [4.69, 9.17) is 10.5 Å². The molecule has 22 heavy (non-hydrogen) atoms. The molecule has 1 aromatic carbocycles. The Morgan fingerprint density at radius 3 is 2.77 bits per heavy atom. The van der Waals surface area contributed by atoms with Crippen LogP contribution >= 0.6 is 0 Å². The van der Waals surface area contributed by atoms with Gasteiger partial charge in [0.1, 0.15) is 11.8 Å². The summed E-state index contributed by atoms with van der Waals surface area (Å²) in [7, 11) is 1.54. The number of amides is 3. The number of hydrogen-bond acceptors (Lipinski definition) is 5. The summed E-state index contributed by atoms with van der Waals surface area (Å²) in [5.74, 6) is -0.344. The Kier molecular flexibility index (Phi) is 3.58. The molecule has 3 rings (SSSR count). The van der Waals surface area contributed by atoms with Crippen LogP contribution in [0.3, 0.4) is 0 Å². The number of carbonyl (C=O) groups excluding carboxylic acids is 3. The molecule has 0 spiro atoms. The van der Waals surface area contributed by atoms with Gasteiger partial charge >= 0.3 is 0 Å². The van der Waals surface area contributed by atoms with Crippen LogP contribution in [0.5, 0.6) is 5.75 Å². The van der Waals surface area contributed by atoms with Crippen molar-refractivity contribution in [2.75, 3.05) is 7.11 Å². The van der Waals surface area contributed by atoms with Crippen molar-refractivity contribution >= 4 is 17.7 Å². The molecule has 2 heterocycles. The number of nitrogens with one attached hydrogen (secondary N) is 1. The van der Waals surface area contributed by atoms with Crippen LogP contribution in [0.25, 0.3) is 0 Å². The molecule has 3 N–H and O–H groups in total. The number of methoxy groups -OCH3 is 1. The Balaban J connectivity index is 1.94. The Morgan fingerprint density at radius 2 is 2.14 bits per heavy atom. The summed E-state index contributed by atoms with van der Waals surface area (Å²) in [5, 5.41) is 2.28. The van der Waals surface area contributed by atoms with Gasteiger partial charge in [-0.05, 0) is 24.1 Å². The molecule has 0 aromatic heterocycles. The van der Waals surface area contributed by atoms with Crippen LogP contribution in [0.15, 0.2) is 12.1 Å². The van der Waals surface area contributed by atoms with E-state index in [0.717, 1.165) is 11.1 Å². The molecular formula is C15H17N3O4. The van der Waals surface area contributed by atoms with Crippen LogP contribution in [-0.4, -0.2) is 35.8 Å². The van der Waals surface area contributed by atoms with E-state index in [-0.39, 0.29) is 18.2 Å². The molecule has 2 aliphatic rings. The van der Waals surface area contributed by atoms with E-state index in [0.29, 0.717) is 30.8 Å². The summed E-state index contributed by atoms with van der Waals surface area (Å²) in [6.07, 6.45) is 0.582. The maximum Gasteiger partial charge on any atom is 0.255 e. The molecule has 1 fully saturated rings. The van der Waals surface area contributed by atoms with Gasteiger partial charge in [-0.3, -0.25) is 19.7 Å². The second kappa shape index (κ2) is 5.42. The fourth-order valence-corrected chi connectivity index (χ4v) is 2.98. The molecule has 2 aliphatic heterocycles. The molecule has 0 aliphatic carbocycles. The second-order valence-corrected chi connectivity index (χ2v) is 5.43. The summed E-state index contributed by atoms with van der Waals surface area (Å²) < 4.78 is 5.34. The first kappa shape index (κ1) is 14.5. The minimum atomic E-state index is -0.622. The number of imide groups is 1. The first-order valence-corrected chi connectivity index (χ1v) is 7.09. The summed E-state index contributed by atoms with van der Waals surface area (Å²) in [4.78, 5) is 37.4. The Hall–Kier alpha value is -2.41. The van der Waals surface area contributed by atoms with Gasteiger partial charge in [0.05, 0.1) is 13.7 Å². The van der Waals surface area contributed by atoms with Crippen molar-refractivity contribution in [3.05, 3.63) is 28.8 Å². The zero-order chi connectivity index (χ0) is 15.9. The molecule has 0 radical (unpaired) electrons. The Morgan fingerprint density at radius 1 is 1.36 bits per heavy atom. The van der Waals surface area contributed by atoms with Gasteiger partial charge in [-0.25, -0.2) is 0 Å². The van der Waals surface area contributed by atoms with Crippen molar-refractivity contribution in [3.63, 3.8) is 0 Å². The van der Waals surface area contributed by atoms with Gasteiger partial charge in [0.25, 0.3) is 5.91 Å². The first-order chi connectivity index (χ1) is 10.5. The number of benzene rings is 1. The van der Waals surface area contributed by atoms with Crippen LogP contribution in [0.1, 0.15) is 34.3 Å². The SMILES string of the molecule is COc1cc(CN)cc2c1CN(C1CCC(=O)NC1=O)C2=O. The first-order valence-electron chi connectivity index (χ1n) is 7.09. The topological polar surface area (TPSA) is 102 Å². The van der Waals surface area contributed by atoms with E-state index >= 15 is 0 Å². The third kappa shape index (κ3) is 2.23. The third-order valence-corrected chi connectivity index (χ3v) is 4.13. The van der Waals surface area contributed by atoms with E-state index in [1.54, 1.807) is 12.1 Å². The lowest BCUT2D eigenvalue weighted by atomic mass is 10.0. The quantitative estimate of drug-likeness (QED) is 0.760. The zero-order valence-corrected chi connectivity index (χ0v) is 12.2. The summed E-state index contributed by atoms with van der Waals surface area (Å²) >= 11 is 0. The van der Waals surface area contributed by atoms with Crippen LogP contribution in [0, 0.1) is 0 Å². The molecule has 3 amide bonds. The highest BCUT2D eigenvalue weighted by Crippen LogP contribution is 2.34. The largest absolute Gasteiger partial charge is 0.496 e. The maximum atomic E-state index is 12.6. The molecule has 0 bridgehead atoms. The van der Waals surface area contributed by atoms with Crippen molar-refractivity contribution in [2.24, 2.45) is 5.73 Å². The maximum absolute atomic E-state index is 12.6. The normalized spacial score (nSPS) is 20.9. The van der Waals surface area contributed by atoms with Gasteiger partial charge in [0, 0.05) is 24.1 Å². The summed E-state index contributed by atoms with van der Waals surface area (Å²) in [6, 6.07) is 2.93. The second-order valence-electron chi connectivity index (χ2n) is 5.43. The fraction of sp³-hybridized carbons (Fsp3) is 0.400.